The summed E-state index contributed by atoms with van der Waals surface area (Å²) >= 11 is 7.99. The predicted octanol–water partition coefficient (Wildman–Crippen LogP) is 6.06. The molecule has 1 saturated heterocycles. The Labute approximate surface area is 175 Å². The van der Waals surface area contributed by atoms with Crippen molar-refractivity contribution in [3.63, 3.8) is 0 Å². The summed E-state index contributed by atoms with van der Waals surface area (Å²) in [6.07, 6.45) is 0.307. The zero-order valence-corrected chi connectivity index (χ0v) is 18.6. The van der Waals surface area contributed by atoms with E-state index in [-0.39, 0.29) is 12.2 Å². The lowest BCUT2D eigenvalue weighted by molar-refractivity contribution is -0.00537. The van der Waals surface area contributed by atoms with Crippen molar-refractivity contribution in [2.24, 2.45) is 0 Å². The van der Waals surface area contributed by atoms with Crippen LogP contribution in [0.5, 0.6) is 0 Å². The molecule has 2 unspecified atom stereocenters. The molecule has 0 aliphatic carbocycles. The molecule has 3 aromatic rings. The topological polar surface area (TPSA) is 38.2 Å². The van der Waals surface area contributed by atoms with Gasteiger partial charge in [0.1, 0.15) is 10.6 Å². The molecule has 0 radical (unpaired) electrons. The van der Waals surface area contributed by atoms with Crippen LogP contribution in [0.1, 0.15) is 44.1 Å². The van der Waals surface area contributed by atoms with Gasteiger partial charge in [0.15, 0.2) is 0 Å². The number of hydrogen-bond acceptors (Lipinski definition) is 5. The van der Waals surface area contributed by atoms with Gasteiger partial charge in [-0.2, -0.15) is 4.98 Å². The fourth-order valence-electron chi connectivity index (χ4n) is 4.03. The maximum Gasteiger partial charge on any atom is 0.225 e. The summed E-state index contributed by atoms with van der Waals surface area (Å²) in [5.41, 5.74) is 3.76. The van der Waals surface area contributed by atoms with Gasteiger partial charge in [-0.1, -0.05) is 38.1 Å². The fourth-order valence-corrected chi connectivity index (χ4v) is 5.28. The van der Waals surface area contributed by atoms with Crippen LogP contribution in [-0.2, 0) is 4.74 Å². The SMILES string of the molecule is Cc1sc2nc(Cl)nc(N3CC(C)OC(C)C3)c2c1-c1ccc(C(C)C)cc1. The maximum absolute atomic E-state index is 6.31. The minimum atomic E-state index is 0.154. The van der Waals surface area contributed by atoms with Gasteiger partial charge in [-0.15, -0.1) is 11.3 Å². The summed E-state index contributed by atoms with van der Waals surface area (Å²) in [5.74, 6) is 1.44. The van der Waals surface area contributed by atoms with E-state index in [0.29, 0.717) is 11.2 Å². The number of rotatable bonds is 3. The molecule has 1 aliphatic rings. The lowest BCUT2D eigenvalue weighted by atomic mass is 9.97. The largest absolute Gasteiger partial charge is 0.372 e. The van der Waals surface area contributed by atoms with E-state index in [0.717, 1.165) is 29.1 Å². The molecule has 1 aliphatic heterocycles. The molecule has 4 nitrogen and oxygen atoms in total. The summed E-state index contributed by atoms with van der Waals surface area (Å²) < 4.78 is 5.92. The number of aryl methyl sites for hydroxylation is 1. The second kappa shape index (κ2) is 7.62. The first kappa shape index (κ1) is 19.6. The molecule has 0 N–H and O–H groups in total. The van der Waals surface area contributed by atoms with Crippen LogP contribution in [0.3, 0.4) is 0 Å². The summed E-state index contributed by atoms with van der Waals surface area (Å²) in [5, 5.41) is 1.41. The molecule has 2 atom stereocenters. The Balaban J connectivity index is 1.89. The van der Waals surface area contributed by atoms with E-state index in [1.54, 1.807) is 11.3 Å². The number of nitrogens with zero attached hydrogens (tertiary/aromatic N) is 3. The predicted molar refractivity (Wildman–Crippen MR) is 119 cm³/mol. The maximum atomic E-state index is 6.31. The Hall–Kier alpha value is -1.69. The number of thiophene rings is 1. The summed E-state index contributed by atoms with van der Waals surface area (Å²) in [4.78, 5) is 13.7. The van der Waals surface area contributed by atoms with Gasteiger partial charge in [-0.3, -0.25) is 0 Å². The van der Waals surface area contributed by atoms with E-state index in [2.05, 4.69) is 73.8 Å². The van der Waals surface area contributed by atoms with Gasteiger partial charge in [-0.05, 0) is 49.4 Å². The first-order valence-corrected chi connectivity index (χ1v) is 11.0. The number of hydrogen-bond donors (Lipinski definition) is 0. The fraction of sp³-hybridized carbons (Fsp3) is 0.455. The summed E-state index contributed by atoms with van der Waals surface area (Å²) in [6, 6.07) is 8.87. The van der Waals surface area contributed by atoms with Crippen LogP contribution < -0.4 is 4.90 Å². The van der Waals surface area contributed by atoms with Gasteiger partial charge in [0.25, 0.3) is 0 Å². The highest BCUT2D eigenvalue weighted by Crippen LogP contribution is 2.43. The number of halogens is 1. The van der Waals surface area contributed by atoms with Crippen LogP contribution >= 0.6 is 22.9 Å². The summed E-state index contributed by atoms with van der Waals surface area (Å²) in [6.45, 7) is 12.4. The minimum Gasteiger partial charge on any atom is -0.372 e. The van der Waals surface area contributed by atoms with E-state index < -0.39 is 0 Å². The Morgan fingerprint density at radius 1 is 1.11 bits per heavy atom. The van der Waals surface area contributed by atoms with Crippen LogP contribution in [0, 0.1) is 6.92 Å². The van der Waals surface area contributed by atoms with Crippen molar-refractivity contribution in [2.45, 2.75) is 52.7 Å². The third-order valence-electron chi connectivity index (χ3n) is 5.27. The minimum absolute atomic E-state index is 0.154. The number of benzene rings is 1. The van der Waals surface area contributed by atoms with Crippen molar-refractivity contribution in [2.75, 3.05) is 18.0 Å². The van der Waals surface area contributed by atoms with Gasteiger partial charge in [-0.25, -0.2) is 4.98 Å². The van der Waals surface area contributed by atoms with Crippen molar-refractivity contribution in [1.82, 2.24) is 9.97 Å². The lowest BCUT2D eigenvalue weighted by Crippen LogP contribution is -2.46. The molecule has 6 heteroatoms. The first-order chi connectivity index (χ1) is 13.3. The Morgan fingerprint density at radius 2 is 1.75 bits per heavy atom. The average Bonchev–Trinajstić information content (AvgIpc) is 2.95. The zero-order valence-electron chi connectivity index (χ0n) is 17.0. The van der Waals surface area contributed by atoms with Gasteiger partial charge in [0, 0.05) is 23.5 Å². The third kappa shape index (κ3) is 3.63. The van der Waals surface area contributed by atoms with Crippen molar-refractivity contribution < 1.29 is 4.74 Å². The molecular weight excluding hydrogens is 390 g/mol. The number of anilines is 1. The van der Waals surface area contributed by atoms with Crippen molar-refractivity contribution in [3.8, 4) is 11.1 Å². The van der Waals surface area contributed by atoms with Crippen LogP contribution in [0.4, 0.5) is 5.82 Å². The van der Waals surface area contributed by atoms with Gasteiger partial charge in [0.2, 0.25) is 5.28 Å². The average molecular weight is 416 g/mol. The van der Waals surface area contributed by atoms with Crippen molar-refractivity contribution in [3.05, 3.63) is 40.0 Å². The third-order valence-corrected chi connectivity index (χ3v) is 6.43. The monoisotopic (exact) mass is 415 g/mol. The molecule has 1 aromatic carbocycles. The van der Waals surface area contributed by atoms with Crippen LogP contribution in [0.2, 0.25) is 5.28 Å². The molecule has 2 aromatic heterocycles. The summed E-state index contributed by atoms with van der Waals surface area (Å²) in [7, 11) is 0. The van der Waals surface area contributed by atoms with Crippen LogP contribution in [-0.4, -0.2) is 35.3 Å². The Kier molecular flexibility index (Phi) is 5.34. The van der Waals surface area contributed by atoms with Crippen molar-refractivity contribution in [1.29, 1.82) is 0 Å². The second-order valence-electron chi connectivity index (χ2n) is 7.97. The highest BCUT2D eigenvalue weighted by Gasteiger charge is 2.27. The van der Waals surface area contributed by atoms with Crippen LogP contribution in [0.25, 0.3) is 21.3 Å². The molecule has 0 bridgehead atoms. The van der Waals surface area contributed by atoms with Gasteiger partial charge in [0.05, 0.1) is 17.6 Å². The van der Waals surface area contributed by atoms with Gasteiger partial charge >= 0.3 is 0 Å². The van der Waals surface area contributed by atoms with Gasteiger partial charge < -0.3 is 9.64 Å². The smallest absolute Gasteiger partial charge is 0.225 e. The molecule has 3 heterocycles. The number of fused-ring (bicyclic) bond motifs is 1. The highest BCUT2D eigenvalue weighted by atomic mass is 35.5. The normalized spacial score (nSPS) is 20.3. The molecule has 1 fully saturated rings. The molecule has 148 valence electrons. The van der Waals surface area contributed by atoms with Crippen LogP contribution in [0.15, 0.2) is 24.3 Å². The standard InChI is InChI=1S/C22H26ClN3OS/c1-12(2)16-6-8-17(9-7-16)18-15(5)28-21-19(18)20(24-22(23)25-21)26-10-13(3)27-14(4)11-26/h6-9,12-14H,10-11H2,1-5H3. The first-order valence-electron chi connectivity index (χ1n) is 9.81. The van der Waals surface area contributed by atoms with E-state index in [9.17, 15) is 0 Å². The number of ether oxygens (including phenoxy) is 1. The van der Waals surface area contributed by atoms with E-state index in [4.69, 9.17) is 16.3 Å². The number of morpholine rings is 1. The lowest BCUT2D eigenvalue weighted by Gasteiger charge is -2.36. The molecule has 28 heavy (non-hydrogen) atoms. The Morgan fingerprint density at radius 3 is 2.36 bits per heavy atom. The quantitative estimate of drug-likeness (QED) is 0.487. The van der Waals surface area contributed by atoms with E-state index in [1.807, 2.05) is 0 Å². The van der Waals surface area contributed by atoms with E-state index >= 15 is 0 Å². The zero-order chi connectivity index (χ0) is 20.0. The van der Waals surface area contributed by atoms with E-state index in [1.165, 1.54) is 21.6 Å². The highest BCUT2D eigenvalue weighted by molar-refractivity contribution is 7.19. The molecule has 0 saturated carbocycles. The van der Waals surface area contributed by atoms with Crippen molar-refractivity contribution >= 4 is 39.0 Å². The second-order valence-corrected chi connectivity index (χ2v) is 9.51. The molecule has 0 amide bonds. The molecule has 0 spiro atoms. The molecular formula is C22H26ClN3OS. The number of aromatic nitrogens is 2. The Bertz CT molecular complexity index is 989. The molecule has 4 rings (SSSR count).